The number of amides is 1. The van der Waals surface area contributed by atoms with Crippen molar-refractivity contribution in [2.45, 2.75) is 6.92 Å². The Labute approximate surface area is 173 Å². The Morgan fingerprint density at radius 3 is 2.38 bits per heavy atom. The van der Waals surface area contributed by atoms with Gasteiger partial charge >= 0.3 is 0 Å². The highest BCUT2D eigenvalue weighted by molar-refractivity contribution is 7.09. The Hall–Kier alpha value is -3.44. The Morgan fingerprint density at radius 2 is 1.72 bits per heavy atom. The second kappa shape index (κ2) is 8.29. The van der Waals surface area contributed by atoms with E-state index in [9.17, 15) is 4.79 Å². The van der Waals surface area contributed by atoms with Gasteiger partial charge in [-0.25, -0.2) is 4.98 Å². The molecule has 4 aromatic rings. The molecule has 1 amide bonds. The number of ether oxygens (including phenoxy) is 1. The van der Waals surface area contributed by atoms with Crippen molar-refractivity contribution in [2.75, 3.05) is 12.4 Å². The maximum Gasteiger partial charge on any atom is 0.256 e. The minimum atomic E-state index is -0.163. The summed E-state index contributed by atoms with van der Waals surface area (Å²) in [5, 5.41) is 6.06. The molecule has 0 atom stereocenters. The van der Waals surface area contributed by atoms with E-state index < -0.39 is 0 Å². The first-order valence-electron chi connectivity index (χ1n) is 9.21. The number of nitrogens with zero attached hydrogens (tertiary/aromatic N) is 1. The molecule has 0 aliphatic heterocycles. The molecule has 1 N–H and O–H groups in total. The maximum absolute atomic E-state index is 13.0. The number of anilines is 1. The van der Waals surface area contributed by atoms with Crippen molar-refractivity contribution >= 4 is 22.9 Å². The van der Waals surface area contributed by atoms with Crippen LogP contribution in [0.1, 0.15) is 15.4 Å². The number of benzene rings is 3. The van der Waals surface area contributed by atoms with Gasteiger partial charge in [-0.15, -0.1) is 11.3 Å². The van der Waals surface area contributed by atoms with Crippen molar-refractivity contribution in [1.29, 1.82) is 0 Å². The highest BCUT2D eigenvalue weighted by Gasteiger charge is 2.14. The highest BCUT2D eigenvalue weighted by atomic mass is 32.1. The maximum atomic E-state index is 13.0. The Morgan fingerprint density at radius 1 is 0.966 bits per heavy atom. The van der Waals surface area contributed by atoms with Crippen molar-refractivity contribution in [2.24, 2.45) is 0 Å². The molecule has 0 aliphatic rings. The lowest BCUT2D eigenvalue weighted by molar-refractivity contribution is 0.102. The number of carbonyl (C=O) groups is 1. The lowest BCUT2D eigenvalue weighted by atomic mass is 9.98. The monoisotopic (exact) mass is 400 g/mol. The number of rotatable bonds is 5. The van der Waals surface area contributed by atoms with Crippen LogP contribution >= 0.6 is 11.3 Å². The summed E-state index contributed by atoms with van der Waals surface area (Å²) in [5.41, 5.74) is 5.10. The second-order valence-electron chi connectivity index (χ2n) is 6.56. The molecule has 5 heteroatoms. The molecular weight excluding hydrogens is 380 g/mol. The highest BCUT2D eigenvalue weighted by Crippen LogP contribution is 2.29. The molecule has 0 bridgehead atoms. The number of aromatic nitrogens is 1. The normalized spacial score (nSPS) is 10.6. The van der Waals surface area contributed by atoms with Crippen LogP contribution in [0.3, 0.4) is 0 Å². The fourth-order valence-electron chi connectivity index (χ4n) is 3.12. The van der Waals surface area contributed by atoms with Crippen LogP contribution in [0.5, 0.6) is 5.75 Å². The van der Waals surface area contributed by atoms with E-state index in [-0.39, 0.29) is 5.91 Å². The predicted octanol–water partition coefficient (Wildman–Crippen LogP) is 6.05. The van der Waals surface area contributed by atoms with Gasteiger partial charge < -0.3 is 10.1 Å². The smallest absolute Gasteiger partial charge is 0.256 e. The van der Waals surface area contributed by atoms with Crippen LogP contribution in [0.4, 0.5) is 5.69 Å². The molecule has 3 aromatic carbocycles. The summed E-state index contributed by atoms with van der Waals surface area (Å²) in [6, 6.07) is 23.0. The number of methoxy groups -OCH3 is 1. The van der Waals surface area contributed by atoms with Crippen molar-refractivity contribution in [1.82, 2.24) is 4.98 Å². The zero-order valence-electron chi connectivity index (χ0n) is 16.2. The van der Waals surface area contributed by atoms with Gasteiger partial charge in [-0.1, -0.05) is 42.5 Å². The van der Waals surface area contributed by atoms with Gasteiger partial charge in [-0.2, -0.15) is 0 Å². The molecule has 4 rings (SSSR count). The van der Waals surface area contributed by atoms with E-state index in [1.165, 1.54) is 0 Å². The summed E-state index contributed by atoms with van der Waals surface area (Å²) in [6.45, 7) is 1.99. The summed E-state index contributed by atoms with van der Waals surface area (Å²) in [6.07, 6.45) is 0. The summed E-state index contributed by atoms with van der Waals surface area (Å²) in [7, 11) is 1.62. The zero-order valence-corrected chi connectivity index (χ0v) is 17.0. The fourth-order valence-corrected chi connectivity index (χ4v) is 3.75. The number of hydrogen-bond donors (Lipinski definition) is 1. The summed E-state index contributed by atoms with van der Waals surface area (Å²) in [4.78, 5) is 17.5. The predicted molar refractivity (Wildman–Crippen MR) is 119 cm³/mol. The Bertz CT molecular complexity index is 1140. The van der Waals surface area contributed by atoms with E-state index in [0.29, 0.717) is 11.3 Å². The first kappa shape index (κ1) is 18.9. The zero-order chi connectivity index (χ0) is 20.2. The number of thiazole rings is 1. The van der Waals surface area contributed by atoms with Crippen LogP contribution in [0.15, 0.2) is 78.2 Å². The first-order valence-corrected chi connectivity index (χ1v) is 10.1. The third-order valence-electron chi connectivity index (χ3n) is 4.61. The lowest BCUT2D eigenvalue weighted by Gasteiger charge is -2.12. The number of hydrogen-bond acceptors (Lipinski definition) is 4. The van der Waals surface area contributed by atoms with Crippen LogP contribution in [0.25, 0.3) is 22.4 Å². The fraction of sp³-hybridized carbons (Fsp3) is 0.0833. The third-order valence-corrected chi connectivity index (χ3v) is 5.39. The summed E-state index contributed by atoms with van der Waals surface area (Å²) >= 11 is 1.62. The van der Waals surface area contributed by atoms with E-state index in [4.69, 9.17) is 4.74 Å². The second-order valence-corrected chi connectivity index (χ2v) is 7.62. The molecule has 0 aliphatic carbocycles. The minimum Gasteiger partial charge on any atom is -0.497 e. The van der Waals surface area contributed by atoms with Crippen LogP contribution in [-0.2, 0) is 0 Å². The van der Waals surface area contributed by atoms with Crippen molar-refractivity contribution in [3.63, 3.8) is 0 Å². The van der Waals surface area contributed by atoms with E-state index in [2.05, 4.69) is 10.3 Å². The SMILES string of the molecule is COc1ccc(C(=O)Nc2ccc(-c3csc(C)n3)cc2)c(-c2ccccc2)c1. The van der Waals surface area contributed by atoms with Crippen LogP contribution < -0.4 is 10.1 Å². The van der Waals surface area contributed by atoms with Crippen LogP contribution in [0, 0.1) is 6.92 Å². The molecular formula is C24H20N2O2S. The number of aryl methyl sites for hydroxylation is 1. The minimum absolute atomic E-state index is 0.163. The van der Waals surface area contributed by atoms with Crippen LogP contribution in [-0.4, -0.2) is 18.0 Å². The van der Waals surface area contributed by atoms with Gasteiger partial charge in [0.1, 0.15) is 5.75 Å². The summed E-state index contributed by atoms with van der Waals surface area (Å²) in [5.74, 6) is 0.548. The largest absolute Gasteiger partial charge is 0.497 e. The van der Waals surface area contributed by atoms with E-state index in [1.54, 1.807) is 30.6 Å². The number of nitrogens with one attached hydrogen (secondary N) is 1. The van der Waals surface area contributed by atoms with Gasteiger partial charge in [0.15, 0.2) is 0 Å². The molecule has 1 aromatic heterocycles. The summed E-state index contributed by atoms with van der Waals surface area (Å²) < 4.78 is 5.35. The van der Waals surface area contributed by atoms with E-state index in [1.807, 2.05) is 73.0 Å². The molecule has 0 saturated carbocycles. The van der Waals surface area contributed by atoms with Gasteiger partial charge in [-0.05, 0) is 48.4 Å². The molecule has 0 fully saturated rings. The number of carbonyl (C=O) groups excluding carboxylic acids is 1. The van der Waals surface area contributed by atoms with Crippen molar-refractivity contribution in [3.05, 3.63) is 88.7 Å². The molecule has 0 saturated heterocycles. The molecule has 29 heavy (non-hydrogen) atoms. The lowest BCUT2D eigenvalue weighted by Crippen LogP contribution is -2.13. The molecule has 0 unspecified atom stereocenters. The quantitative estimate of drug-likeness (QED) is 0.444. The topological polar surface area (TPSA) is 51.2 Å². The van der Waals surface area contributed by atoms with E-state index in [0.717, 1.165) is 33.1 Å². The van der Waals surface area contributed by atoms with Gasteiger partial charge in [-0.3, -0.25) is 4.79 Å². The molecule has 1 heterocycles. The molecule has 0 radical (unpaired) electrons. The average Bonchev–Trinajstić information content (AvgIpc) is 3.20. The van der Waals surface area contributed by atoms with Gasteiger partial charge in [0.25, 0.3) is 5.91 Å². The molecule has 144 valence electrons. The van der Waals surface area contributed by atoms with Crippen molar-refractivity contribution < 1.29 is 9.53 Å². The first-order chi connectivity index (χ1) is 14.1. The Balaban J connectivity index is 1.60. The van der Waals surface area contributed by atoms with Gasteiger partial charge in [0.05, 0.1) is 17.8 Å². The van der Waals surface area contributed by atoms with Crippen LogP contribution in [0.2, 0.25) is 0 Å². The van der Waals surface area contributed by atoms with Gasteiger partial charge in [0.2, 0.25) is 0 Å². The van der Waals surface area contributed by atoms with Crippen molar-refractivity contribution in [3.8, 4) is 28.1 Å². The standard InChI is InChI=1S/C24H20N2O2S/c1-16-25-23(15-29-16)18-8-10-19(11-9-18)26-24(27)21-13-12-20(28-2)14-22(21)17-6-4-3-5-7-17/h3-15H,1-2H3,(H,26,27). The molecule has 0 spiro atoms. The average molecular weight is 401 g/mol. The van der Waals surface area contributed by atoms with Gasteiger partial charge in [0, 0.05) is 22.2 Å². The van der Waals surface area contributed by atoms with E-state index >= 15 is 0 Å². The molecule has 4 nitrogen and oxygen atoms in total. The third kappa shape index (κ3) is 4.20. The Kier molecular flexibility index (Phi) is 5.40.